The fourth-order valence-corrected chi connectivity index (χ4v) is 2.53. The molecule has 16 heavy (non-hydrogen) atoms. The quantitative estimate of drug-likeness (QED) is 0.845. The first kappa shape index (κ1) is 11.3. The molecule has 0 heterocycles. The number of rotatable bonds is 2. The fourth-order valence-electron chi connectivity index (χ4n) is 2.32. The summed E-state index contributed by atoms with van der Waals surface area (Å²) in [5.41, 5.74) is 1.43. The van der Waals surface area contributed by atoms with Crippen LogP contribution in [0.25, 0.3) is 0 Å². The number of nitriles is 1. The van der Waals surface area contributed by atoms with Crippen LogP contribution >= 0.6 is 11.6 Å². The Hall–Kier alpha value is -1.20. The Bertz CT molecular complexity index is 422. The van der Waals surface area contributed by atoms with Crippen LogP contribution in [0.1, 0.15) is 31.7 Å². The van der Waals surface area contributed by atoms with Gasteiger partial charge in [-0.25, -0.2) is 0 Å². The van der Waals surface area contributed by atoms with Gasteiger partial charge in [0.25, 0.3) is 0 Å². The Morgan fingerprint density at radius 3 is 2.88 bits per heavy atom. The number of nitrogens with one attached hydrogen (secondary N) is 1. The highest BCUT2D eigenvalue weighted by Crippen LogP contribution is 2.30. The number of halogens is 1. The van der Waals surface area contributed by atoms with Gasteiger partial charge in [-0.1, -0.05) is 31.0 Å². The zero-order valence-corrected chi connectivity index (χ0v) is 10.1. The summed E-state index contributed by atoms with van der Waals surface area (Å²) in [6, 6.07) is 8.20. The maximum absolute atomic E-state index is 9.06. The van der Waals surface area contributed by atoms with Crippen LogP contribution in [0, 0.1) is 17.2 Å². The van der Waals surface area contributed by atoms with E-state index in [-0.39, 0.29) is 0 Å². The van der Waals surface area contributed by atoms with Crippen molar-refractivity contribution >= 4 is 17.3 Å². The molecule has 2 nitrogen and oxygen atoms in total. The third kappa shape index (κ3) is 2.15. The average molecular weight is 235 g/mol. The molecule has 3 heteroatoms. The standard InChI is InChI=1S/C13H15ClN2/c1-9-4-2-6-12(9)16-13-7-3-5-11(14)10(13)8-15/h3,5,7,9,12,16H,2,4,6H2,1H3. The lowest BCUT2D eigenvalue weighted by atomic mass is 10.1. The highest BCUT2D eigenvalue weighted by atomic mass is 35.5. The van der Waals surface area contributed by atoms with E-state index in [0.717, 1.165) is 5.69 Å². The van der Waals surface area contributed by atoms with Gasteiger partial charge in [-0.2, -0.15) is 5.26 Å². The number of hydrogen-bond donors (Lipinski definition) is 1. The van der Waals surface area contributed by atoms with Gasteiger partial charge in [0.1, 0.15) is 6.07 Å². The lowest BCUT2D eigenvalue weighted by molar-refractivity contribution is 0.556. The van der Waals surface area contributed by atoms with Gasteiger partial charge in [0, 0.05) is 6.04 Å². The van der Waals surface area contributed by atoms with Crippen LogP contribution in [0.5, 0.6) is 0 Å². The van der Waals surface area contributed by atoms with E-state index in [2.05, 4.69) is 18.3 Å². The summed E-state index contributed by atoms with van der Waals surface area (Å²) in [7, 11) is 0. The molecule has 1 aliphatic carbocycles. The van der Waals surface area contributed by atoms with Gasteiger partial charge in [0.05, 0.1) is 16.3 Å². The third-order valence-corrected chi connectivity index (χ3v) is 3.64. The Morgan fingerprint density at radius 1 is 1.44 bits per heavy atom. The number of benzene rings is 1. The lowest BCUT2D eigenvalue weighted by Crippen LogP contribution is -2.22. The molecule has 2 rings (SSSR count). The minimum Gasteiger partial charge on any atom is -0.381 e. The van der Waals surface area contributed by atoms with E-state index in [4.69, 9.17) is 16.9 Å². The van der Waals surface area contributed by atoms with Crippen LogP contribution in [0.4, 0.5) is 5.69 Å². The minimum absolute atomic E-state index is 0.477. The van der Waals surface area contributed by atoms with E-state index in [9.17, 15) is 0 Å². The predicted molar refractivity (Wildman–Crippen MR) is 66.6 cm³/mol. The van der Waals surface area contributed by atoms with Crippen molar-refractivity contribution in [2.75, 3.05) is 5.32 Å². The molecule has 1 aromatic carbocycles. The molecule has 84 valence electrons. The summed E-state index contributed by atoms with van der Waals surface area (Å²) < 4.78 is 0. The summed E-state index contributed by atoms with van der Waals surface area (Å²) in [4.78, 5) is 0. The number of hydrogen-bond acceptors (Lipinski definition) is 2. The van der Waals surface area contributed by atoms with Crippen LogP contribution < -0.4 is 5.32 Å². The minimum atomic E-state index is 0.477. The first-order valence-corrected chi connectivity index (χ1v) is 6.05. The summed E-state index contributed by atoms with van der Waals surface area (Å²) in [6.45, 7) is 2.25. The molecular formula is C13H15ClN2. The molecule has 1 aromatic rings. The molecule has 0 aromatic heterocycles. The lowest BCUT2D eigenvalue weighted by Gasteiger charge is -2.19. The van der Waals surface area contributed by atoms with Gasteiger partial charge in [0.15, 0.2) is 0 Å². The van der Waals surface area contributed by atoms with Crippen molar-refractivity contribution in [3.63, 3.8) is 0 Å². The van der Waals surface area contributed by atoms with Crippen LogP contribution in [-0.4, -0.2) is 6.04 Å². The predicted octanol–water partition coefficient (Wildman–Crippen LogP) is 3.81. The summed E-state index contributed by atoms with van der Waals surface area (Å²) in [6.07, 6.45) is 3.71. The monoisotopic (exact) mass is 234 g/mol. The second kappa shape index (κ2) is 4.76. The van der Waals surface area contributed by atoms with E-state index in [0.29, 0.717) is 22.5 Å². The van der Waals surface area contributed by atoms with Crippen molar-refractivity contribution in [1.29, 1.82) is 5.26 Å². The molecule has 1 fully saturated rings. The largest absolute Gasteiger partial charge is 0.381 e. The van der Waals surface area contributed by atoms with Crippen molar-refractivity contribution in [1.82, 2.24) is 0 Å². The smallest absolute Gasteiger partial charge is 0.103 e. The first-order chi connectivity index (χ1) is 7.72. The van der Waals surface area contributed by atoms with Gasteiger partial charge >= 0.3 is 0 Å². The molecule has 0 spiro atoms. The molecule has 0 bridgehead atoms. The molecule has 0 radical (unpaired) electrons. The Kier molecular flexibility index (Phi) is 3.36. The Labute approximate surface area is 101 Å². The van der Waals surface area contributed by atoms with E-state index >= 15 is 0 Å². The van der Waals surface area contributed by atoms with Crippen LogP contribution in [0.2, 0.25) is 5.02 Å². The topological polar surface area (TPSA) is 35.8 Å². The molecule has 1 N–H and O–H groups in total. The average Bonchev–Trinajstić information content (AvgIpc) is 2.65. The van der Waals surface area contributed by atoms with Gasteiger partial charge in [0.2, 0.25) is 0 Å². The van der Waals surface area contributed by atoms with Crippen molar-refractivity contribution in [2.24, 2.45) is 5.92 Å². The zero-order valence-electron chi connectivity index (χ0n) is 9.33. The summed E-state index contributed by atoms with van der Waals surface area (Å²) in [5.74, 6) is 0.672. The second-order valence-electron chi connectivity index (χ2n) is 4.43. The Balaban J connectivity index is 2.21. The maximum atomic E-state index is 9.06. The van der Waals surface area contributed by atoms with E-state index in [1.54, 1.807) is 6.07 Å². The van der Waals surface area contributed by atoms with Crippen molar-refractivity contribution in [2.45, 2.75) is 32.2 Å². The third-order valence-electron chi connectivity index (χ3n) is 3.33. The maximum Gasteiger partial charge on any atom is 0.103 e. The van der Waals surface area contributed by atoms with Crippen LogP contribution in [0.3, 0.4) is 0 Å². The van der Waals surface area contributed by atoms with Crippen LogP contribution in [-0.2, 0) is 0 Å². The normalized spacial score (nSPS) is 24.1. The number of nitrogens with zero attached hydrogens (tertiary/aromatic N) is 1. The molecular weight excluding hydrogens is 220 g/mol. The molecule has 2 atom stereocenters. The van der Waals surface area contributed by atoms with E-state index < -0.39 is 0 Å². The fraction of sp³-hybridized carbons (Fsp3) is 0.462. The Morgan fingerprint density at radius 2 is 2.25 bits per heavy atom. The highest BCUT2D eigenvalue weighted by Gasteiger charge is 2.23. The zero-order chi connectivity index (χ0) is 11.5. The summed E-state index contributed by atoms with van der Waals surface area (Å²) in [5, 5.41) is 13.0. The van der Waals surface area contributed by atoms with E-state index in [1.165, 1.54) is 19.3 Å². The summed E-state index contributed by atoms with van der Waals surface area (Å²) >= 11 is 5.99. The van der Waals surface area contributed by atoms with Crippen molar-refractivity contribution < 1.29 is 0 Å². The molecule has 0 aliphatic heterocycles. The molecule has 1 saturated carbocycles. The second-order valence-corrected chi connectivity index (χ2v) is 4.84. The molecule has 1 aliphatic rings. The van der Waals surface area contributed by atoms with Gasteiger partial charge in [-0.3, -0.25) is 0 Å². The molecule has 0 saturated heterocycles. The van der Waals surface area contributed by atoms with Crippen LogP contribution in [0.15, 0.2) is 18.2 Å². The van der Waals surface area contributed by atoms with Gasteiger partial charge in [-0.15, -0.1) is 0 Å². The van der Waals surface area contributed by atoms with Gasteiger partial charge < -0.3 is 5.32 Å². The number of anilines is 1. The first-order valence-electron chi connectivity index (χ1n) is 5.67. The van der Waals surface area contributed by atoms with Crippen molar-refractivity contribution in [3.05, 3.63) is 28.8 Å². The van der Waals surface area contributed by atoms with Gasteiger partial charge in [-0.05, 0) is 30.9 Å². The van der Waals surface area contributed by atoms with Crippen molar-refractivity contribution in [3.8, 4) is 6.07 Å². The van der Waals surface area contributed by atoms with E-state index in [1.807, 2.05) is 12.1 Å². The SMILES string of the molecule is CC1CCCC1Nc1cccc(Cl)c1C#N. The highest BCUT2D eigenvalue weighted by molar-refractivity contribution is 6.32. The molecule has 2 unspecified atom stereocenters. The molecule has 0 amide bonds.